The molecule has 0 aromatic heterocycles. The van der Waals surface area contributed by atoms with Crippen LogP contribution in [0.15, 0.2) is 48.5 Å². The summed E-state index contributed by atoms with van der Waals surface area (Å²) in [4.78, 5) is 25.3. The number of likely N-dealkylation sites (N-methyl/N-ethyl adjacent to an activating group) is 1. The zero-order valence-corrected chi connectivity index (χ0v) is 15.9. The molecule has 2 aromatic rings. The number of ether oxygens (including phenoxy) is 1. The minimum absolute atomic E-state index is 0.0402. The Kier molecular flexibility index (Phi) is 5.49. The maximum atomic E-state index is 12.5. The van der Waals surface area contributed by atoms with Gasteiger partial charge in [-0.1, -0.05) is 68.8 Å². The molecule has 2 atom stereocenters. The van der Waals surface area contributed by atoms with Crippen molar-refractivity contribution in [1.29, 1.82) is 0 Å². The second-order valence-electron chi connectivity index (χ2n) is 7.08. The van der Waals surface area contributed by atoms with Crippen molar-refractivity contribution in [3.05, 3.63) is 59.7 Å². The summed E-state index contributed by atoms with van der Waals surface area (Å²) < 4.78 is 5.55. The van der Waals surface area contributed by atoms with E-state index in [2.05, 4.69) is 24.3 Å². The van der Waals surface area contributed by atoms with Crippen molar-refractivity contribution in [2.75, 3.05) is 13.7 Å². The SMILES string of the molecule is CCC(C)[C@@H](C(=O)O)N(C)C(=O)OCC1c2ccccc2-c2ccccc21. The van der Waals surface area contributed by atoms with Crippen LogP contribution in [0.3, 0.4) is 0 Å². The number of fused-ring (bicyclic) bond motifs is 3. The fourth-order valence-corrected chi connectivity index (χ4v) is 3.82. The predicted molar refractivity (Wildman–Crippen MR) is 104 cm³/mol. The van der Waals surface area contributed by atoms with Crippen molar-refractivity contribution >= 4 is 12.1 Å². The third kappa shape index (κ3) is 3.54. The van der Waals surface area contributed by atoms with Gasteiger partial charge in [0.05, 0.1) is 0 Å². The fraction of sp³-hybridized carbons (Fsp3) is 0.364. The quantitative estimate of drug-likeness (QED) is 0.823. The van der Waals surface area contributed by atoms with Crippen molar-refractivity contribution in [2.45, 2.75) is 32.2 Å². The van der Waals surface area contributed by atoms with Crippen LogP contribution in [-0.4, -0.2) is 41.8 Å². The van der Waals surface area contributed by atoms with Gasteiger partial charge in [-0.25, -0.2) is 9.59 Å². The number of carboxylic acids is 1. The Morgan fingerprint density at radius 3 is 2.07 bits per heavy atom. The fourth-order valence-electron chi connectivity index (χ4n) is 3.82. The highest BCUT2D eigenvalue weighted by Gasteiger charge is 2.33. The van der Waals surface area contributed by atoms with Gasteiger partial charge < -0.3 is 9.84 Å². The first-order chi connectivity index (χ1) is 13.0. The van der Waals surface area contributed by atoms with Crippen LogP contribution in [0.4, 0.5) is 4.79 Å². The van der Waals surface area contributed by atoms with Gasteiger partial charge in [0, 0.05) is 13.0 Å². The van der Waals surface area contributed by atoms with E-state index in [0.29, 0.717) is 6.42 Å². The van der Waals surface area contributed by atoms with Crippen molar-refractivity contribution in [1.82, 2.24) is 4.90 Å². The predicted octanol–water partition coefficient (Wildman–Crippen LogP) is 4.37. The highest BCUT2D eigenvalue weighted by molar-refractivity contribution is 5.81. The monoisotopic (exact) mass is 367 g/mol. The van der Waals surface area contributed by atoms with Gasteiger partial charge in [0.2, 0.25) is 0 Å². The Balaban J connectivity index is 1.77. The van der Waals surface area contributed by atoms with E-state index in [-0.39, 0.29) is 18.4 Å². The smallest absolute Gasteiger partial charge is 0.410 e. The van der Waals surface area contributed by atoms with E-state index in [1.54, 1.807) is 0 Å². The molecular weight excluding hydrogens is 342 g/mol. The average Bonchev–Trinajstić information content (AvgIpc) is 2.99. The lowest BCUT2D eigenvalue weighted by Crippen LogP contribution is -2.46. The maximum absolute atomic E-state index is 12.5. The van der Waals surface area contributed by atoms with E-state index in [0.717, 1.165) is 22.3 Å². The summed E-state index contributed by atoms with van der Waals surface area (Å²) in [6.45, 7) is 3.92. The molecule has 0 saturated carbocycles. The number of nitrogens with zero attached hydrogens (tertiary/aromatic N) is 1. The first-order valence-corrected chi connectivity index (χ1v) is 9.26. The molecule has 27 heavy (non-hydrogen) atoms. The van der Waals surface area contributed by atoms with Gasteiger partial charge in [0.25, 0.3) is 0 Å². The molecule has 0 heterocycles. The third-order valence-electron chi connectivity index (χ3n) is 5.48. The zero-order valence-electron chi connectivity index (χ0n) is 15.9. The Bertz CT molecular complexity index is 802. The first-order valence-electron chi connectivity index (χ1n) is 9.26. The zero-order chi connectivity index (χ0) is 19.6. The van der Waals surface area contributed by atoms with Crippen LogP contribution in [-0.2, 0) is 9.53 Å². The van der Waals surface area contributed by atoms with Gasteiger partial charge in [-0.05, 0) is 28.2 Å². The van der Waals surface area contributed by atoms with Crippen LogP contribution < -0.4 is 0 Å². The van der Waals surface area contributed by atoms with E-state index in [1.165, 1.54) is 11.9 Å². The Hall–Kier alpha value is -2.82. The second-order valence-corrected chi connectivity index (χ2v) is 7.08. The number of aliphatic carboxylic acids is 1. The van der Waals surface area contributed by atoms with Crippen molar-refractivity contribution in [3.63, 3.8) is 0 Å². The molecular formula is C22H25NO4. The number of carboxylic acid groups (broad SMARTS) is 1. The number of amides is 1. The number of rotatable bonds is 6. The topological polar surface area (TPSA) is 66.8 Å². The summed E-state index contributed by atoms with van der Waals surface area (Å²) >= 11 is 0. The second kappa shape index (κ2) is 7.82. The van der Waals surface area contributed by atoms with Crippen molar-refractivity contribution < 1.29 is 19.4 Å². The molecule has 1 N–H and O–H groups in total. The van der Waals surface area contributed by atoms with E-state index >= 15 is 0 Å². The Labute approximate surface area is 159 Å². The Morgan fingerprint density at radius 2 is 1.59 bits per heavy atom. The summed E-state index contributed by atoms with van der Waals surface area (Å²) in [5.74, 6) is -1.21. The van der Waals surface area contributed by atoms with Gasteiger partial charge in [-0.3, -0.25) is 4.90 Å². The minimum atomic E-state index is -1.01. The number of carbonyl (C=O) groups is 2. The molecule has 5 nitrogen and oxygen atoms in total. The maximum Gasteiger partial charge on any atom is 0.410 e. The van der Waals surface area contributed by atoms with E-state index in [1.807, 2.05) is 38.1 Å². The summed E-state index contributed by atoms with van der Waals surface area (Å²) in [5, 5.41) is 9.48. The summed E-state index contributed by atoms with van der Waals surface area (Å²) in [5.41, 5.74) is 4.58. The van der Waals surface area contributed by atoms with Crippen LogP contribution in [0.2, 0.25) is 0 Å². The van der Waals surface area contributed by atoms with Gasteiger partial charge >= 0.3 is 12.1 Å². The molecule has 1 unspecified atom stereocenters. The van der Waals surface area contributed by atoms with Crippen LogP contribution in [0.1, 0.15) is 37.3 Å². The molecule has 142 valence electrons. The number of hydrogen-bond acceptors (Lipinski definition) is 3. The summed E-state index contributed by atoms with van der Waals surface area (Å²) in [7, 11) is 1.49. The highest BCUT2D eigenvalue weighted by atomic mass is 16.6. The molecule has 1 amide bonds. The lowest BCUT2D eigenvalue weighted by molar-refractivity contribution is -0.144. The normalized spacial score (nSPS) is 14.8. The van der Waals surface area contributed by atoms with Gasteiger partial charge in [0.15, 0.2) is 0 Å². The molecule has 0 saturated heterocycles. The molecule has 1 aliphatic carbocycles. The van der Waals surface area contributed by atoms with Gasteiger partial charge in [0.1, 0.15) is 12.6 Å². The van der Waals surface area contributed by atoms with Crippen LogP contribution in [0, 0.1) is 5.92 Å². The lowest BCUT2D eigenvalue weighted by atomic mass is 9.98. The minimum Gasteiger partial charge on any atom is -0.480 e. The van der Waals surface area contributed by atoms with Crippen LogP contribution in [0.25, 0.3) is 11.1 Å². The van der Waals surface area contributed by atoms with Crippen molar-refractivity contribution in [2.24, 2.45) is 5.92 Å². The van der Waals surface area contributed by atoms with Crippen LogP contribution >= 0.6 is 0 Å². The summed E-state index contributed by atoms with van der Waals surface area (Å²) in [6, 6.07) is 15.3. The molecule has 0 fully saturated rings. The molecule has 0 spiro atoms. The van der Waals surface area contributed by atoms with Crippen LogP contribution in [0.5, 0.6) is 0 Å². The summed E-state index contributed by atoms with van der Waals surface area (Å²) in [6.07, 6.45) is 0.0578. The standard InChI is InChI=1S/C22H25NO4/c1-4-14(2)20(21(24)25)23(3)22(26)27-13-19-17-11-7-5-9-15(17)16-10-6-8-12-18(16)19/h5-12,14,19-20H,4,13H2,1-3H3,(H,24,25)/t14?,20-/m0/s1. The highest BCUT2D eigenvalue weighted by Crippen LogP contribution is 2.44. The average molecular weight is 367 g/mol. The largest absolute Gasteiger partial charge is 0.480 e. The first kappa shape index (κ1) is 19.0. The number of carbonyl (C=O) groups excluding carboxylic acids is 1. The molecule has 0 bridgehead atoms. The molecule has 3 rings (SSSR count). The third-order valence-corrected chi connectivity index (χ3v) is 5.48. The van der Waals surface area contributed by atoms with E-state index < -0.39 is 18.1 Å². The molecule has 1 aliphatic rings. The van der Waals surface area contributed by atoms with Gasteiger partial charge in [-0.2, -0.15) is 0 Å². The van der Waals surface area contributed by atoms with Gasteiger partial charge in [-0.15, -0.1) is 0 Å². The van der Waals surface area contributed by atoms with E-state index in [9.17, 15) is 14.7 Å². The number of hydrogen-bond donors (Lipinski definition) is 1. The molecule has 5 heteroatoms. The molecule has 0 radical (unpaired) electrons. The number of benzene rings is 2. The Morgan fingerprint density at radius 1 is 1.07 bits per heavy atom. The van der Waals surface area contributed by atoms with E-state index in [4.69, 9.17) is 4.74 Å². The molecule has 0 aliphatic heterocycles. The molecule has 2 aromatic carbocycles. The lowest BCUT2D eigenvalue weighted by Gasteiger charge is -2.28. The van der Waals surface area contributed by atoms with Crippen molar-refractivity contribution in [3.8, 4) is 11.1 Å².